The second-order valence-corrected chi connectivity index (χ2v) is 10.0. The molecular formula is C25H35N5O4. The maximum absolute atomic E-state index is 13.4. The van der Waals surface area contributed by atoms with E-state index in [0.29, 0.717) is 38.0 Å². The molecule has 9 heteroatoms. The van der Waals surface area contributed by atoms with Gasteiger partial charge >= 0.3 is 5.97 Å². The number of ether oxygens (including phenoxy) is 1. The summed E-state index contributed by atoms with van der Waals surface area (Å²) in [7, 11) is 1.44. The van der Waals surface area contributed by atoms with Gasteiger partial charge < -0.3 is 19.4 Å². The van der Waals surface area contributed by atoms with Gasteiger partial charge in [0.05, 0.1) is 13.2 Å². The van der Waals surface area contributed by atoms with Crippen molar-refractivity contribution in [3.63, 3.8) is 0 Å². The van der Waals surface area contributed by atoms with E-state index in [1.165, 1.54) is 7.11 Å². The highest BCUT2D eigenvalue weighted by Crippen LogP contribution is 2.33. The zero-order valence-electron chi connectivity index (χ0n) is 20.0. The number of fused-ring (bicyclic) bond motifs is 1. The molecule has 9 nitrogen and oxygen atoms in total. The number of methoxy groups -OCH3 is 1. The molecule has 3 unspecified atom stereocenters. The first-order valence-corrected chi connectivity index (χ1v) is 12.6. The van der Waals surface area contributed by atoms with Gasteiger partial charge in [0.25, 0.3) is 0 Å². The molecule has 4 aliphatic heterocycles. The van der Waals surface area contributed by atoms with Crippen LogP contribution in [0.1, 0.15) is 32.1 Å². The number of carbonyl (C=O) groups is 3. The molecule has 0 saturated carbocycles. The lowest BCUT2D eigenvalue weighted by molar-refractivity contribution is -0.142. The summed E-state index contributed by atoms with van der Waals surface area (Å²) in [6.45, 7) is 5.58. The van der Waals surface area contributed by atoms with Gasteiger partial charge in [-0.2, -0.15) is 0 Å². The fraction of sp³-hybridized carbons (Fsp3) is 0.680. The number of Topliss-reactive ketones (excluding diaryl/α,β-unsaturated/α-hetero) is 1. The summed E-state index contributed by atoms with van der Waals surface area (Å²) >= 11 is 0. The van der Waals surface area contributed by atoms with Gasteiger partial charge in [-0.05, 0) is 56.8 Å². The van der Waals surface area contributed by atoms with Gasteiger partial charge in [-0.25, -0.2) is 0 Å². The summed E-state index contributed by atoms with van der Waals surface area (Å²) in [6.07, 6.45) is 7.70. The quantitative estimate of drug-likeness (QED) is 0.462. The Kier molecular flexibility index (Phi) is 6.83. The second-order valence-electron chi connectivity index (χ2n) is 10.0. The lowest BCUT2D eigenvalue weighted by Gasteiger charge is -2.42. The molecule has 0 aliphatic carbocycles. The first-order chi connectivity index (χ1) is 16.5. The molecule has 0 bridgehead atoms. The van der Waals surface area contributed by atoms with Crippen LogP contribution < -0.4 is 4.90 Å². The highest BCUT2D eigenvalue weighted by atomic mass is 16.5. The number of amides is 1. The summed E-state index contributed by atoms with van der Waals surface area (Å²) < 4.78 is 4.82. The van der Waals surface area contributed by atoms with Crippen LogP contribution in [-0.4, -0.2) is 108 Å². The number of rotatable bonds is 5. The lowest BCUT2D eigenvalue weighted by Crippen LogP contribution is -2.54. The average Bonchev–Trinajstić information content (AvgIpc) is 3.14. The highest BCUT2D eigenvalue weighted by Gasteiger charge is 2.52. The molecule has 34 heavy (non-hydrogen) atoms. The van der Waals surface area contributed by atoms with Gasteiger partial charge in [-0.3, -0.25) is 24.3 Å². The number of likely N-dealkylation sites (tertiary alicyclic amines) is 1. The van der Waals surface area contributed by atoms with Crippen LogP contribution in [-0.2, 0) is 19.1 Å². The van der Waals surface area contributed by atoms with Crippen molar-refractivity contribution in [1.82, 2.24) is 19.7 Å². The number of esters is 1. The largest absolute Gasteiger partial charge is 0.469 e. The molecule has 184 valence electrons. The van der Waals surface area contributed by atoms with E-state index in [4.69, 9.17) is 4.74 Å². The maximum atomic E-state index is 13.4. The number of piperidine rings is 2. The summed E-state index contributed by atoms with van der Waals surface area (Å²) in [5, 5.41) is 0. The molecule has 0 radical (unpaired) electrons. The van der Waals surface area contributed by atoms with Gasteiger partial charge in [0, 0.05) is 63.3 Å². The average molecular weight is 470 g/mol. The minimum Gasteiger partial charge on any atom is -0.469 e. The zero-order valence-corrected chi connectivity index (χ0v) is 20.0. The van der Waals surface area contributed by atoms with Crippen LogP contribution in [0.25, 0.3) is 0 Å². The standard InChI is InChI=1S/C25H35N5O4/c1-34-22(31)16-18-4-9-27(10-5-18)20-6-11-30-21(17-20)24(32)23(25(30)33)29-14-12-28(13-15-29)19-2-7-26-8-3-19/h2-3,7-8,18,20-21,23H,4-6,9-17H2,1H3. The Bertz CT molecular complexity index is 896. The smallest absolute Gasteiger partial charge is 0.305 e. The predicted octanol–water partition coefficient (Wildman–Crippen LogP) is 0.790. The number of carbonyl (C=O) groups excluding carboxylic acids is 3. The first kappa shape index (κ1) is 23.2. The molecule has 0 N–H and O–H groups in total. The molecule has 5 heterocycles. The third-order valence-corrected chi connectivity index (χ3v) is 8.25. The molecular weight excluding hydrogens is 434 g/mol. The number of hydrogen-bond donors (Lipinski definition) is 0. The molecule has 0 aromatic carbocycles. The molecule has 1 aromatic heterocycles. The van der Waals surface area contributed by atoms with Gasteiger partial charge in [0.1, 0.15) is 0 Å². The highest BCUT2D eigenvalue weighted by molar-refractivity contribution is 6.14. The van der Waals surface area contributed by atoms with Gasteiger partial charge in [-0.15, -0.1) is 0 Å². The van der Waals surface area contributed by atoms with E-state index in [2.05, 4.69) is 19.7 Å². The second kappa shape index (κ2) is 10.00. The number of piperazine rings is 1. The Balaban J connectivity index is 1.16. The number of pyridine rings is 1. The Hall–Kier alpha value is -2.52. The number of ketones is 1. The number of aromatic nitrogens is 1. The normalized spacial score (nSPS) is 29.4. The van der Waals surface area contributed by atoms with Crippen LogP contribution in [0.4, 0.5) is 5.69 Å². The third kappa shape index (κ3) is 4.55. The summed E-state index contributed by atoms with van der Waals surface area (Å²) in [6, 6.07) is 3.43. The van der Waals surface area contributed by atoms with E-state index in [9.17, 15) is 14.4 Å². The third-order valence-electron chi connectivity index (χ3n) is 8.25. The summed E-state index contributed by atoms with van der Waals surface area (Å²) in [5.41, 5.74) is 1.13. The van der Waals surface area contributed by atoms with Crippen LogP contribution in [0, 0.1) is 5.92 Å². The molecule has 4 aliphatic rings. The number of hydrogen-bond acceptors (Lipinski definition) is 8. The summed E-state index contributed by atoms with van der Waals surface area (Å²) in [5.74, 6) is 0.346. The van der Waals surface area contributed by atoms with E-state index >= 15 is 0 Å². The van der Waals surface area contributed by atoms with Crippen LogP contribution >= 0.6 is 0 Å². The molecule has 5 rings (SSSR count). The molecule has 1 amide bonds. The first-order valence-electron chi connectivity index (χ1n) is 12.6. The number of anilines is 1. The SMILES string of the molecule is COC(=O)CC1CCN(C2CCN3C(=O)C(N4CCN(c5ccncc5)CC4)C(=O)C3C2)CC1. The lowest BCUT2D eigenvalue weighted by atomic mass is 9.89. The van der Waals surface area contributed by atoms with Crippen LogP contribution in [0.5, 0.6) is 0 Å². The molecule has 4 saturated heterocycles. The van der Waals surface area contributed by atoms with E-state index in [1.54, 1.807) is 12.4 Å². The van der Waals surface area contributed by atoms with Crippen molar-refractivity contribution in [2.24, 2.45) is 5.92 Å². The van der Waals surface area contributed by atoms with Crippen molar-refractivity contribution >= 4 is 23.3 Å². The Labute approximate surface area is 201 Å². The van der Waals surface area contributed by atoms with Crippen molar-refractivity contribution < 1.29 is 19.1 Å². The maximum Gasteiger partial charge on any atom is 0.305 e. The Morgan fingerprint density at radius 2 is 1.68 bits per heavy atom. The van der Waals surface area contributed by atoms with E-state index in [-0.39, 0.29) is 23.7 Å². The molecule has 1 aromatic rings. The van der Waals surface area contributed by atoms with Gasteiger partial charge in [0.15, 0.2) is 11.8 Å². The van der Waals surface area contributed by atoms with Crippen molar-refractivity contribution in [2.75, 3.05) is 57.8 Å². The van der Waals surface area contributed by atoms with Crippen molar-refractivity contribution in [3.8, 4) is 0 Å². The Morgan fingerprint density at radius 3 is 2.35 bits per heavy atom. The van der Waals surface area contributed by atoms with Crippen molar-refractivity contribution in [2.45, 2.75) is 50.2 Å². The van der Waals surface area contributed by atoms with Crippen LogP contribution in [0.15, 0.2) is 24.5 Å². The van der Waals surface area contributed by atoms with E-state index < -0.39 is 6.04 Å². The Morgan fingerprint density at radius 1 is 0.971 bits per heavy atom. The minimum atomic E-state index is -0.617. The topological polar surface area (TPSA) is 86.3 Å². The summed E-state index contributed by atoms with van der Waals surface area (Å²) in [4.78, 5) is 51.1. The van der Waals surface area contributed by atoms with E-state index in [0.717, 1.165) is 57.5 Å². The fourth-order valence-electron chi connectivity index (χ4n) is 6.24. The number of nitrogens with zero attached hydrogens (tertiary/aromatic N) is 5. The monoisotopic (exact) mass is 469 g/mol. The van der Waals surface area contributed by atoms with Gasteiger partial charge in [-0.1, -0.05) is 0 Å². The van der Waals surface area contributed by atoms with Crippen molar-refractivity contribution in [1.29, 1.82) is 0 Å². The van der Waals surface area contributed by atoms with Crippen molar-refractivity contribution in [3.05, 3.63) is 24.5 Å². The van der Waals surface area contributed by atoms with Crippen LogP contribution in [0.2, 0.25) is 0 Å². The molecule has 0 spiro atoms. The van der Waals surface area contributed by atoms with E-state index in [1.807, 2.05) is 17.0 Å². The zero-order chi connectivity index (χ0) is 23.7. The minimum absolute atomic E-state index is 0.00240. The molecule has 3 atom stereocenters. The molecule has 4 fully saturated rings. The predicted molar refractivity (Wildman–Crippen MR) is 126 cm³/mol. The fourth-order valence-corrected chi connectivity index (χ4v) is 6.24. The van der Waals surface area contributed by atoms with Gasteiger partial charge in [0.2, 0.25) is 5.91 Å². The van der Waals surface area contributed by atoms with Crippen LogP contribution in [0.3, 0.4) is 0 Å².